The highest BCUT2D eigenvalue weighted by molar-refractivity contribution is 5.96. The van der Waals surface area contributed by atoms with E-state index in [4.69, 9.17) is 11.1 Å². The molecule has 4 N–H and O–H groups in total. The van der Waals surface area contributed by atoms with E-state index in [1.807, 2.05) is 4.90 Å². The number of nitrogens with zero attached hydrogens (tertiary/aromatic N) is 2. The molecule has 100 valence electrons. The molecule has 0 aromatic heterocycles. The molecule has 18 heavy (non-hydrogen) atoms. The predicted molar refractivity (Wildman–Crippen MR) is 76.7 cm³/mol. The van der Waals surface area contributed by atoms with Gasteiger partial charge in [-0.3, -0.25) is 15.7 Å². The Labute approximate surface area is 109 Å². The number of nitrogens with two attached hydrogens (primary N) is 1. The molecule has 1 rings (SSSR count). The third-order valence-corrected chi connectivity index (χ3v) is 2.60. The largest absolute Gasteiger partial charge is 0.370 e. The highest BCUT2D eigenvalue weighted by Gasteiger charge is 2.10. The van der Waals surface area contributed by atoms with Crippen LogP contribution in [0.3, 0.4) is 0 Å². The van der Waals surface area contributed by atoms with E-state index in [1.54, 1.807) is 0 Å². The van der Waals surface area contributed by atoms with Crippen molar-refractivity contribution in [3.8, 4) is 0 Å². The van der Waals surface area contributed by atoms with Crippen molar-refractivity contribution in [2.24, 2.45) is 10.7 Å². The number of hydrogen-bond donors (Lipinski definition) is 3. The number of nitrogens with one attached hydrogen (secondary N) is 2. The second-order valence-corrected chi connectivity index (χ2v) is 4.11. The molecule has 1 aliphatic heterocycles. The number of guanidine groups is 2. The highest BCUT2D eigenvalue weighted by atomic mass is 15.3. The summed E-state index contributed by atoms with van der Waals surface area (Å²) in [5.74, 6) is 0.643. The minimum Gasteiger partial charge on any atom is -0.370 e. The summed E-state index contributed by atoms with van der Waals surface area (Å²) in [6.45, 7) is 4.37. The summed E-state index contributed by atoms with van der Waals surface area (Å²) in [5.41, 5.74) is 5.73. The van der Waals surface area contributed by atoms with Crippen molar-refractivity contribution in [1.82, 2.24) is 10.2 Å². The van der Waals surface area contributed by atoms with Crippen molar-refractivity contribution in [1.29, 1.82) is 5.41 Å². The summed E-state index contributed by atoms with van der Waals surface area (Å²) in [5, 5.41) is 10.7. The Morgan fingerprint density at radius 1 is 1.50 bits per heavy atom. The molecule has 0 aliphatic carbocycles. The van der Waals surface area contributed by atoms with Gasteiger partial charge in [0.1, 0.15) is 0 Å². The Morgan fingerprint density at radius 2 is 2.33 bits per heavy atom. The SMILES string of the molecule is CC/C=C\CCN=C(N)NC(=N)N1CC=CCC1. The second kappa shape index (κ2) is 8.33. The molecular formula is C13H23N5. The lowest BCUT2D eigenvalue weighted by molar-refractivity contribution is 0.441. The van der Waals surface area contributed by atoms with Crippen LogP contribution in [0, 0.1) is 5.41 Å². The monoisotopic (exact) mass is 249 g/mol. The molecule has 0 atom stereocenters. The molecule has 0 saturated carbocycles. The van der Waals surface area contributed by atoms with Crippen molar-refractivity contribution in [2.75, 3.05) is 19.6 Å². The molecule has 1 heterocycles. The molecule has 0 aromatic rings. The van der Waals surface area contributed by atoms with Crippen LogP contribution in [-0.4, -0.2) is 36.5 Å². The van der Waals surface area contributed by atoms with Crippen molar-refractivity contribution < 1.29 is 0 Å². The van der Waals surface area contributed by atoms with Crippen LogP contribution in [0.4, 0.5) is 0 Å². The summed E-state index contributed by atoms with van der Waals surface area (Å²) >= 11 is 0. The Hall–Kier alpha value is -1.78. The van der Waals surface area contributed by atoms with Crippen LogP contribution in [0.5, 0.6) is 0 Å². The first-order valence-corrected chi connectivity index (χ1v) is 6.44. The molecular weight excluding hydrogens is 226 g/mol. The minimum atomic E-state index is 0.319. The molecule has 0 spiro atoms. The van der Waals surface area contributed by atoms with Gasteiger partial charge in [0.15, 0.2) is 11.9 Å². The smallest absolute Gasteiger partial charge is 0.198 e. The maximum atomic E-state index is 7.87. The highest BCUT2D eigenvalue weighted by Crippen LogP contribution is 1.99. The molecule has 0 amide bonds. The molecule has 0 bridgehead atoms. The van der Waals surface area contributed by atoms with Crippen LogP contribution in [0.1, 0.15) is 26.2 Å². The fourth-order valence-corrected chi connectivity index (χ4v) is 1.63. The van der Waals surface area contributed by atoms with Gasteiger partial charge in [-0.05, 0) is 19.3 Å². The Kier molecular flexibility index (Phi) is 6.61. The lowest BCUT2D eigenvalue weighted by Gasteiger charge is -2.25. The molecule has 0 unspecified atom stereocenters. The average Bonchev–Trinajstić information content (AvgIpc) is 2.39. The Bertz CT molecular complexity index is 343. The first-order chi connectivity index (χ1) is 8.74. The van der Waals surface area contributed by atoms with Crippen molar-refractivity contribution in [3.05, 3.63) is 24.3 Å². The zero-order chi connectivity index (χ0) is 13.2. The van der Waals surface area contributed by atoms with E-state index in [-0.39, 0.29) is 0 Å². The van der Waals surface area contributed by atoms with Crippen molar-refractivity contribution in [3.63, 3.8) is 0 Å². The van der Waals surface area contributed by atoms with Gasteiger partial charge in [-0.15, -0.1) is 0 Å². The maximum absolute atomic E-state index is 7.87. The lowest BCUT2D eigenvalue weighted by atomic mass is 10.3. The molecule has 0 saturated heterocycles. The van der Waals surface area contributed by atoms with Gasteiger partial charge in [-0.25, -0.2) is 0 Å². The first-order valence-electron chi connectivity index (χ1n) is 6.44. The van der Waals surface area contributed by atoms with Crippen LogP contribution in [0.15, 0.2) is 29.3 Å². The van der Waals surface area contributed by atoms with Crippen LogP contribution >= 0.6 is 0 Å². The van der Waals surface area contributed by atoms with Crippen LogP contribution in [0.2, 0.25) is 0 Å². The lowest BCUT2D eigenvalue weighted by Crippen LogP contribution is -2.47. The number of aliphatic imine (C=N–C) groups is 1. The van der Waals surface area contributed by atoms with Crippen molar-refractivity contribution in [2.45, 2.75) is 26.2 Å². The molecule has 1 aliphatic rings. The standard InChI is InChI=1S/C13H23N5/c1-2-3-4-6-9-16-12(14)17-13(15)18-10-7-5-8-11-18/h3-5,7H,2,6,8-11H2,1H3,(H4,14,15,16,17)/b4-3-. The molecule has 0 fully saturated rings. The van der Waals surface area contributed by atoms with E-state index in [0.717, 1.165) is 32.4 Å². The van der Waals surface area contributed by atoms with Gasteiger partial charge in [-0.2, -0.15) is 0 Å². The van der Waals surface area contributed by atoms with Crippen LogP contribution in [0.25, 0.3) is 0 Å². The van der Waals surface area contributed by atoms with Gasteiger partial charge in [0.2, 0.25) is 0 Å². The van der Waals surface area contributed by atoms with E-state index in [9.17, 15) is 0 Å². The fourth-order valence-electron chi connectivity index (χ4n) is 1.63. The molecule has 0 aromatic carbocycles. The normalized spacial score (nSPS) is 16.3. The molecule has 5 heteroatoms. The molecule has 0 radical (unpaired) electrons. The van der Waals surface area contributed by atoms with Gasteiger partial charge in [-0.1, -0.05) is 31.2 Å². The average molecular weight is 249 g/mol. The summed E-state index contributed by atoms with van der Waals surface area (Å²) in [7, 11) is 0. The third kappa shape index (κ3) is 5.52. The van der Waals surface area contributed by atoms with Gasteiger partial charge >= 0.3 is 0 Å². The van der Waals surface area contributed by atoms with Gasteiger partial charge in [0.05, 0.1) is 0 Å². The summed E-state index contributed by atoms with van der Waals surface area (Å²) in [6.07, 6.45) is 11.3. The van der Waals surface area contributed by atoms with E-state index in [0.29, 0.717) is 18.5 Å². The topological polar surface area (TPSA) is 77.5 Å². The quantitative estimate of drug-likeness (QED) is 0.305. The zero-order valence-corrected chi connectivity index (χ0v) is 11.0. The third-order valence-electron chi connectivity index (χ3n) is 2.60. The van der Waals surface area contributed by atoms with Gasteiger partial charge < -0.3 is 10.6 Å². The number of allylic oxidation sites excluding steroid dienone is 1. The maximum Gasteiger partial charge on any atom is 0.198 e. The van der Waals surface area contributed by atoms with Crippen molar-refractivity contribution >= 4 is 11.9 Å². The number of hydrogen-bond acceptors (Lipinski definition) is 2. The zero-order valence-electron chi connectivity index (χ0n) is 11.0. The first kappa shape index (κ1) is 14.3. The van der Waals surface area contributed by atoms with Gasteiger partial charge in [0.25, 0.3) is 0 Å². The summed E-state index contributed by atoms with van der Waals surface area (Å²) in [6, 6.07) is 0. The minimum absolute atomic E-state index is 0.319. The van der Waals surface area contributed by atoms with E-state index in [2.05, 4.69) is 41.5 Å². The van der Waals surface area contributed by atoms with E-state index >= 15 is 0 Å². The number of rotatable bonds is 4. The predicted octanol–water partition coefficient (Wildman–Crippen LogP) is 1.44. The molecule has 5 nitrogen and oxygen atoms in total. The fraction of sp³-hybridized carbons (Fsp3) is 0.538. The van der Waals surface area contributed by atoms with Crippen LogP contribution < -0.4 is 11.1 Å². The Balaban J connectivity index is 2.27. The summed E-state index contributed by atoms with van der Waals surface area (Å²) in [4.78, 5) is 6.11. The van der Waals surface area contributed by atoms with E-state index < -0.39 is 0 Å². The van der Waals surface area contributed by atoms with Crippen LogP contribution in [-0.2, 0) is 0 Å². The second-order valence-electron chi connectivity index (χ2n) is 4.11. The van der Waals surface area contributed by atoms with E-state index in [1.165, 1.54) is 0 Å². The summed E-state index contributed by atoms with van der Waals surface area (Å²) < 4.78 is 0. The van der Waals surface area contributed by atoms with Gasteiger partial charge in [0, 0.05) is 19.6 Å². The Morgan fingerprint density at radius 3 is 3.00 bits per heavy atom.